The van der Waals surface area contributed by atoms with Crippen molar-refractivity contribution in [1.29, 1.82) is 0 Å². The topological polar surface area (TPSA) is 77.8 Å². The van der Waals surface area contributed by atoms with Gasteiger partial charge in [-0.2, -0.15) is 0 Å². The van der Waals surface area contributed by atoms with Gasteiger partial charge in [0.2, 0.25) is 0 Å². The Bertz CT molecular complexity index is 73.2. The quantitative estimate of drug-likeness (QED) is 0.395. The Kier molecular flexibility index (Phi) is 28.5. The molecule has 0 saturated heterocycles. The van der Waals surface area contributed by atoms with E-state index < -0.39 is 7.82 Å². The third-order valence-corrected chi connectivity index (χ3v) is 0. The van der Waals surface area contributed by atoms with Gasteiger partial charge in [-0.05, 0) is 0 Å². The molecule has 0 aliphatic carbocycles. The molecule has 8 heteroatoms. The fraction of sp³-hybridized carbons (Fsp3) is 0. The molecule has 0 unspecified atom stereocenters. The second-order valence-corrected chi connectivity index (χ2v) is 1.54. The van der Waals surface area contributed by atoms with Crippen LogP contribution in [0.4, 0.5) is 0 Å². The van der Waals surface area contributed by atoms with E-state index in [-0.39, 0.29) is 101 Å². The molecule has 0 radical (unpaired) electrons. The van der Waals surface area contributed by atoms with Crippen molar-refractivity contribution in [3.8, 4) is 0 Å². The molecule has 0 aromatic carbocycles. The zero-order valence-electron chi connectivity index (χ0n) is 8.02. The zero-order chi connectivity index (χ0) is 4.50. The molecule has 0 atom stereocenters. The van der Waals surface area contributed by atoms with Crippen molar-refractivity contribution < 1.29 is 25.0 Å². The van der Waals surface area contributed by atoms with Gasteiger partial charge in [-0.3, -0.25) is 0 Å². The van der Waals surface area contributed by atoms with E-state index in [9.17, 15) is 0 Å². The monoisotopic (exact) mass is 266 g/mol. The number of phosphoric acid groups is 1. The van der Waals surface area contributed by atoms with E-state index in [0.29, 0.717) is 0 Å². The van der Waals surface area contributed by atoms with E-state index in [4.69, 9.17) is 19.2 Å². The maximum atomic E-state index is 8.88. The van der Waals surface area contributed by atoms with Gasteiger partial charge in [0.05, 0.1) is 0 Å². The molecule has 0 aliphatic rings. The second kappa shape index (κ2) is 10.1. The summed E-state index contributed by atoms with van der Waals surface area (Å²) in [5, 5.41) is 0. The van der Waals surface area contributed by atoms with Crippen LogP contribution in [0.3, 0.4) is 0 Å². The first-order valence-corrected chi connectivity index (χ1v) is 2.35. The van der Waals surface area contributed by atoms with Crippen molar-refractivity contribution >= 4 is 103 Å². The van der Waals surface area contributed by atoms with Crippen LogP contribution in [-0.2, 0) is 4.57 Å². The average Bonchev–Trinajstić information content (AvgIpc) is 0.722. The first-order chi connectivity index (χ1) is 2.00. The molecule has 0 aromatic rings. The number of rotatable bonds is 0. The van der Waals surface area contributed by atoms with Crippen LogP contribution in [0.25, 0.3) is 0 Å². The minimum absolute atomic E-state index is 0. The molecule has 0 fully saturated rings. The Morgan fingerprint density at radius 1 is 1.25 bits per heavy atom. The normalized spacial score (nSPS) is 7.38. The van der Waals surface area contributed by atoms with E-state index in [2.05, 4.69) is 0 Å². The Hall–Kier alpha value is 3.14. The van der Waals surface area contributed by atoms with Crippen molar-refractivity contribution in [2.24, 2.45) is 0 Å². The third-order valence-electron chi connectivity index (χ3n) is 0. The van der Waals surface area contributed by atoms with Gasteiger partial charge in [0.15, 0.2) is 0 Å². The van der Waals surface area contributed by atoms with Gasteiger partial charge >= 0.3 is 91.0 Å². The predicted octanol–water partition coefficient (Wildman–Crippen LogP) is -0.818. The second-order valence-electron chi connectivity index (χ2n) is 0.513. The summed E-state index contributed by atoms with van der Waals surface area (Å²) in [6.07, 6.45) is 0. The first-order valence-electron chi connectivity index (χ1n) is 0.783. The molecule has 0 rings (SSSR count). The summed E-state index contributed by atoms with van der Waals surface area (Å²) in [5.41, 5.74) is 0. The van der Waals surface area contributed by atoms with Crippen molar-refractivity contribution in [3.05, 3.63) is 0 Å². The summed E-state index contributed by atoms with van der Waals surface area (Å²) in [6.45, 7) is 0. The predicted molar refractivity (Wildman–Crippen MR) is 37.5 cm³/mol. The number of halogens is 1. The maximum Gasteiger partial charge on any atom is 2.00 e. The van der Waals surface area contributed by atoms with Gasteiger partial charge < -0.3 is 20.4 Å². The fourth-order valence-corrected chi connectivity index (χ4v) is 0. The van der Waals surface area contributed by atoms with Crippen LogP contribution in [0.5, 0.6) is 0 Å². The molecule has 0 heterocycles. The van der Waals surface area contributed by atoms with Crippen molar-refractivity contribution in [1.82, 2.24) is 0 Å². The SMILES string of the molecule is Cl.O=P(O)(O)O.[Ca+2].[H-].[H-].[H-].[H-].[Sr+2]. The van der Waals surface area contributed by atoms with Crippen LogP contribution in [0.2, 0.25) is 0 Å². The van der Waals surface area contributed by atoms with Crippen molar-refractivity contribution in [2.75, 3.05) is 0 Å². The Balaban J connectivity index is -0.00000000381. The molecular weight excluding hydrogens is 258 g/mol. The summed E-state index contributed by atoms with van der Waals surface area (Å²) >= 11 is 0. The van der Waals surface area contributed by atoms with Crippen LogP contribution in [0.15, 0.2) is 0 Å². The van der Waals surface area contributed by atoms with Gasteiger partial charge in [-0.15, -0.1) is 12.4 Å². The van der Waals surface area contributed by atoms with Crippen LogP contribution in [-0.4, -0.2) is 97.9 Å². The molecule has 0 spiro atoms. The summed E-state index contributed by atoms with van der Waals surface area (Å²) < 4.78 is 8.88. The molecule has 8 heavy (non-hydrogen) atoms. The molecule has 0 saturated carbocycles. The van der Waals surface area contributed by atoms with Gasteiger partial charge in [0.1, 0.15) is 0 Å². The van der Waals surface area contributed by atoms with Crippen molar-refractivity contribution in [3.63, 3.8) is 0 Å². The molecule has 4 nitrogen and oxygen atoms in total. The Morgan fingerprint density at radius 2 is 1.25 bits per heavy atom. The molecule has 3 N–H and O–H groups in total. The fourth-order valence-electron chi connectivity index (χ4n) is 0. The van der Waals surface area contributed by atoms with E-state index in [1.54, 1.807) is 0 Å². The standard InChI is InChI=1S/Ca.ClH.H3O4P.Sr.4H/c;;1-5(2,3)4;;;;;/h;1H;(H3,1,2,3,4);;;;;/q+2;;;+2;4*-1. The minimum Gasteiger partial charge on any atom is -1.00 e. The Morgan fingerprint density at radius 3 is 1.25 bits per heavy atom. The van der Waals surface area contributed by atoms with Crippen LogP contribution >= 0.6 is 20.2 Å². The van der Waals surface area contributed by atoms with Gasteiger partial charge in [0.25, 0.3) is 0 Å². The minimum atomic E-state index is -4.64. The van der Waals surface area contributed by atoms with E-state index in [0.717, 1.165) is 0 Å². The first kappa shape index (κ1) is 22.5. The van der Waals surface area contributed by atoms with E-state index in [1.165, 1.54) is 0 Å². The average molecular weight is 266 g/mol. The van der Waals surface area contributed by atoms with Gasteiger partial charge in [-0.1, -0.05) is 0 Å². The molecule has 0 amide bonds. The van der Waals surface area contributed by atoms with Crippen LogP contribution in [0, 0.1) is 0 Å². The van der Waals surface area contributed by atoms with Gasteiger partial charge in [-0.25, -0.2) is 4.57 Å². The molecule has 48 valence electrons. The Labute approximate surface area is 126 Å². The molecular formula is H8CaClO4PSr. The summed E-state index contributed by atoms with van der Waals surface area (Å²) in [4.78, 5) is 21.6. The molecule has 0 aliphatic heterocycles. The molecule has 0 bridgehead atoms. The summed E-state index contributed by atoms with van der Waals surface area (Å²) in [6, 6.07) is 0. The maximum absolute atomic E-state index is 8.88. The van der Waals surface area contributed by atoms with E-state index in [1.807, 2.05) is 0 Å². The number of hydrogen-bond acceptors (Lipinski definition) is 1. The van der Waals surface area contributed by atoms with E-state index >= 15 is 0 Å². The van der Waals surface area contributed by atoms with Crippen molar-refractivity contribution in [2.45, 2.75) is 0 Å². The summed E-state index contributed by atoms with van der Waals surface area (Å²) in [5.74, 6) is 0. The molecule has 0 aromatic heterocycles. The van der Waals surface area contributed by atoms with Gasteiger partial charge in [0, 0.05) is 0 Å². The summed E-state index contributed by atoms with van der Waals surface area (Å²) in [7, 11) is -4.64. The largest absolute Gasteiger partial charge is 2.00 e. The zero-order valence-corrected chi connectivity index (χ0v) is 11.4. The third kappa shape index (κ3) is 61.4. The smallest absolute Gasteiger partial charge is 1.00 e. The number of hydrogen-bond donors (Lipinski definition) is 3. The van der Waals surface area contributed by atoms with Crippen LogP contribution < -0.4 is 0 Å². The van der Waals surface area contributed by atoms with Crippen LogP contribution in [0.1, 0.15) is 5.71 Å².